The van der Waals surface area contributed by atoms with Crippen molar-refractivity contribution in [3.05, 3.63) is 47.5 Å². The van der Waals surface area contributed by atoms with Crippen molar-refractivity contribution in [1.82, 2.24) is 25.6 Å². The second kappa shape index (κ2) is 14.8. The summed E-state index contributed by atoms with van der Waals surface area (Å²) >= 11 is 0. The van der Waals surface area contributed by atoms with Crippen LogP contribution < -0.4 is 20.7 Å². The predicted molar refractivity (Wildman–Crippen MR) is 178 cm³/mol. The van der Waals surface area contributed by atoms with Gasteiger partial charge in [0.1, 0.15) is 23.2 Å². The van der Waals surface area contributed by atoms with Gasteiger partial charge in [0.25, 0.3) is 5.91 Å². The summed E-state index contributed by atoms with van der Waals surface area (Å²) in [6, 6.07) is 5.32. The average Bonchev–Trinajstić information content (AvgIpc) is 3.94. The van der Waals surface area contributed by atoms with E-state index in [4.69, 9.17) is 9.47 Å². The van der Waals surface area contributed by atoms with Crippen LogP contribution in [0.1, 0.15) is 89.7 Å². The van der Waals surface area contributed by atoms with Crippen molar-refractivity contribution in [2.75, 3.05) is 6.61 Å². The molecule has 268 valence electrons. The number of allylic oxidation sites excluding steroid dienone is 1. The Morgan fingerprint density at radius 3 is 2.35 bits per heavy atom. The van der Waals surface area contributed by atoms with Crippen LogP contribution in [0, 0.1) is 5.92 Å². The van der Waals surface area contributed by atoms with Crippen LogP contribution in [0.15, 0.2) is 36.4 Å². The van der Waals surface area contributed by atoms with Crippen LogP contribution in [-0.4, -0.2) is 78.3 Å². The van der Waals surface area contributed by atoms with Gasteiger partial charge in [-0.1, -0.05) is 49.3 Å². The molecule has 1 aromatic carbocycles. The van der Waals surface area contributed by atoms with Gasteiger partial charge in [-0.05, 0) is 70.4 Å². The summed E-state index contributed by atoms with van der Waals surface area (Å²) in [7, 11) is -3.90. The maximum Gasteiger partial charge on any atom is 0.410 e. The number of nitrogens with zero attached hydrogens (tertiary/aromatic N) is 1. The average molecular weight is 702 g/mol. The fourth-order valence-corrected chi connectivity index (χ4v) is 7.46. The molecule has 2 aliphatic carbocycles. The smallest absolute Gasteiger partial charge is 0.410 e. The van der Waals surface area contributed by atoms with Crippen molar-refractivity contribution in [3.63, 3.8) is 0 Å². The summed E-state index contributed by atoms with van der Waals surface area (Å²) in [4.78, 5) is 68.2. The number of alkyl carbamates (subject to hydrolysis) is 1. The fourth-order valence-electron chi connectivity index (χ4n) is 6.10. The van der Waals surface area contributed by atoms with Crippen molar-refractivity contribution < 1.29 is 41.9 Å². The summed E-state index contributed by atoms with van der Waals surface area (Å²) < 4.78 is 38.4. The molecule has 4 aliphatic rings. The number of nitrogens with one attached hydrogen (secondary N) is 4. The van der Waals surface area contributed by atoms with E-state index < -0.39 is 74.3 Å². The summed E-state index contributed by atoms with van der Waals surface area (Å²) in [5, 5.41) is 7.40. The molecule has 14 nitrogen and oxygen atoms in total. The highest BCUT2D eigenvalue weighted by atomic mass is 32.2. The van der Waals surface area contributed by atoms with Gasteiger partial charge in [-0.2, -0.15) is 0 Å². The first-order valence-electron chi connectivity index (χ1n) is 17.0. The van der Waals surface area contributed by atoms with Gasteiger partial charge in [0.15, 0.2) is 0 Å². The normalized spacial score (nSPS) is 26.8. The lowest BCUT2D eigenvalue weighted by Crippen LogP contribution is -2.59. The number of hydrogen-bond acceptors (Lipinski definition) is 9. The van der Waals surface area contributed by atoms with Crippen LogP contribution in [0.2, 0.25) is 0 Å². The molecular formula is C34H47N5O9S. The Bertz CT molecular complexity index is 1560. The van der Waals surface area contributed by atoms with E-state index in [1.54, 1.807) is 20.8 Å². The van der Waals surface area contributed by atoms with E-state index >= 15 is 0 Å². The number of hydrogen-bond donors (Lipinski definition) is 4. The Hall–Kier alpha value is -4.14. The van der Waals surface area contributed by atoms with Gasteiger partial charge < -0.3 is 25.4 Å². The van der Waals surface area contributed by atoms with E-state index in [1.807, 2.05) is 36.4 Å². The Balaban J connectivity index is 1.33. The summed E-state index contributed by atoms with van der Waals surface area (Å²) in [5.41, 5.74) is -0.322. The first-order valence-corrected chi connectivity index (χ1v) is 18.5. The molecule has 2 saturated carbocycles. The molecule has 2 heterocycles. The highest BCUT2D eigenvalue weighted by molar-refractivity contribution is 7.91. The van der Waals surface area contributed by atoms with Gasteiger partial charge in [-0.15, -0.1) is 0 Å². The Kier molecular flexibility index (Phi) is 10.9. The zero-order valence-corrected chi connectivity index (χ0v) is 29.1. The number of ether oxygens (including phenoxy) is 2. The molecule has 0 saturated heterocycles. The number of carbonyl (C=O) groups excluding carboxylic acids is 5. The minimum atomic E-state index is -3.90. The lowest BCUT2D eigenvalue weighted by atomic mass is 10.1. The number of fused-ring (bicyclic) bond motifs is 2. The van der Waals surface area contributed by atoms with E-state index in [9.17, 15) is 32.4 Å². The highest BCUT2D eigenvalue weighted by Gasteiger charge is 2.61. The van der Waals surface area contributed by atoms with Crippen LogP contribution in [0.4, 0.5) is 9.59 Å². The van der Waals surface area contributed by atoms with Crippen molar-refractivity contribution in [3.8, 4) is 0 Å². The molecule has 0 bridgehead atoms. The molecule has 2 fully saturated rings. The van der Waals surface area contributed by atoms with Crippen LogP contribution >= 0.6 is 0 Å². The Morgan fingerprint density at radius 1 is 1.00 bits per heavy atom. The van der Waals surface area contributed by atoms with E-state index in [1.165, 1.54) is 4.90 Å². The molecule has 0 radical (unpaired) electrons. The van der Waals surface area contributed by atoms with Gasteiger partial charge in [0.05, 0.1) is 11.9 Å². The van der Waals surface area contributed by atoms with Gasteiger partial charge in [0, 0.05) is 25.4 Å². The second-order valence-electron chi connectivity index (χ2n) is 14.3. The fraction of sp³-hybridized carbons (Fsp3) is 0.618. The first-order chi connectivity index (χ1) is 23.2. The minimum absolute atomic E-state index is 0.151. The number of benzene rings is 1. The molecule has 0 spiro atoms. The zero-order chi connectivity index (χ0) is 35.4. The van der Waals surface area contributed by atoms with Crippen molar-refractivity contribution in [2.45, 2.75) is 120 Å². The Morgan fingerprint density at radius 2 is 1.69 bits per heavy atom. The topological polar surface area (TPSA) is 189 Å². The summed E-state index contributed by atoms with van der Waals surface area (Å²) in [6.45, 7) is 5.62. The number of carbonyl (C=O) groups is 5. The van der Waals surface area contributed by atoms with E-state index in [-0.39, 0.29) is 25.9 Å². The molecule has 1 aromatic rings. The lowest BCUT2D eigenvalue weighted by molar-refractivity contribution is -0.133. The monoisotopic (exact) mass is 701 g/mol. The summed E-state index contributed by atoms with van der Waals surface area (Å²) in [5.74, 6) is -2.69. The number of rotatable bonds is 7. The van der Waals surface area contributed by atoms with Crippen molar-refractivity contribution >= 4 is 39.9 Å². The van der Waals surface area contributed by atoms with Crippen LogP contribution in [0.5, 0.6) is 0 Å². The van der Waals surface area contributed by atoms with Crippen molar-refractivity contribution in [2.24, 2.45) is 5.92 Å². The molecule has 4 atom stereocenters. The lowest BCUT2D eigenvalue weighted by Gasteiger charge is -2.27. The third-order valence-corrected chi connectivity index (χ3v) is 10.9. The van der Waals surface area contributed by atoms with E-state index in [2.05, 4.69) is 20.7 Å². The molecule has 0 unspecified atom stereocenters. The highest BCUT2D eigenvalue weighted by Crippen LogP contribution is 2.45. The largest absolute Gasteiger partial charge is 0.449 e. The number of sulfonamides is 1. The van der Waals surface area contributed by atoms with Gasteiger partial charge >= 0.3 is 12.2 Å². The molecular weight excluding hydrogens is 654 g/mol. The molecule has 0 aromatic heterocycles. The molecule has 49 heavy (non-hydrogen) atoms. The SMILES string of the molecule is CC(C)(C)OC(=O)N[C@H]1CCCCC/C=C\[C@@H]2C[C@@]2(C(=O)NS(=O)(=O)C2CC2)NC(=O)[C@H](CCOC(=O)N2Cc3ccccc3C2)NC1=O. The van der Waals surface area contributed by atoms with Crippen LogP contribution in [0.3, 0.4) is 0 Å². The van der Waals surface area contributed by atoms with Crippen LogP contribution in [-0.2, 0) is 47.0 Å². The minimum Gasteiger partial charge on any atom is -0.449 e. The zero-order valence-electron chi connectivity index (χ0n) is 28.3. The summed E-state index contributed by atoms with van der Waals surface area (Å²) in [6.07, 6.45) is 6.38. The van der Waals surface area contributed by atoms with Gasteiger partial charge in [-0.25, -0.2) is 18.0 Å². The molecule has 5 amide bonds. The third kappa shape index (κ3) is 9.52. The second-order valence-corrected chi connectivity index (χ2v) is 16.3. The maximum absolute atomic E-state index is 13.9. The predicted octanol–water partition coefficient (Wildman–Crippen LogP) is 2.91. The van der Waals surface area contributed by atoms with E-state index in [0.717, 1.165) is 24.0 Å². The standard InChI is InChI=1S/C34H47N5O9S/c1-33(2,3)48-31(43)36-26-14-8-6-4-5-7-13-24-19-34(24,30(42)38-49(45,46)25-15-16-25)37-29(41)27(35-28(26)40)17-18-47-32(44)39-20-22-11-9-10-12-23(22)21-39/h7,9-13,24-27H,4-6,8,14-21H2,1-3H3,(H,35,40)(H,36,43)(H,37,41)(H,38,42)/b13-7-/t24-,26+,27+,34-/m1/s1. The van der Waals surface area contributed by atoms with Gasteiger partial charge in [0.2, 0.25) is 21.8 Å². The van der Waals surface area contributed by atoms with Crippen molar-refractivity contribution in [1.29, 1.82) is 0 Å². The molecule has 4 N–H and O–H groups in total. The molecule has 2 aliphatic heterocycles. The van der Waals surface area contributed by atoms with E-state index in [0.29, 0.717) is 38.8 Å². The first kappa shape index (κ1) is 36.1. The van der Waals surface area contributed by atoms with Crippen LogP contribution in [0.25, 0.3) is 0 Å². The number of amides is 5. The molecule has 5 rings (SSSR count). The Labute approximate surface area is 287 Å². The molecule has 15 heteroatoms. The quantitative estimate of drug-likeness (QED) is 0.310. The van der Waals surface area contributed by atoms with Gasteiger partial charge in [-0.3, -0.25) is 24.0 Å². The third-order valence-electron chi connectivity index (χ3n) is 9.07. The maximum atomic E-state index is 13.9.